The third kappa shape index (κ3) is 4.91. The molecule has 0 bridgehead atoms. The molecule has 35 heavy (non-hydrogen) atoms. The van der Waals surface area contributed by atoms with Crippen LogP contribution in [0.1, 0.15) is 22.6 Å². The summed E-state index contributed by atoms with van der Waals surface area (Å²) in [5, 5.41) is 9.70. The number of halogens is 1. The van der Waals surface area contributed by atoms with Crippen LogP contribution in [0, 0.1) is 11.7 Å². The monoisotopic (exact) mass is 474 g/mol. The van der Waals surface area contributed by atoms with Crippen molar-refractivity contribution in [1.82, 2.24) is 9.80 Å². The van der Waals surface area contributed by atoms with E-state index >= 15 is 0 Å². The quantitative estimate of drug-likeness (QED) is 0.576. The first-order valence-corrected chi connectivity index (χ1v) is 11.8. The van der Waals surface area contributed by atoms with Gasteiger partial charge in [-0.25, -0.2) is 14.1 Å². The molecule has 7 heteroatoms. The van der Waals surface area contributed by atoms with Gasteiger partial charge in [0.1, 0.15) is 18.2 Å². The Morgan fingerprint density at radius 2 is 1.66 bits per heavy atom. The standard InChI is InChI=1S/C28H27FN2O4/c29-26-14-22(32)11-12-23(26)24-16-30(15-20-9-5-2-6-10-20)17-25(24)27(33)31-21(18-35-28(31)34)13-19-7-3-1-4-8-19/h1-12,14,21,24-25,32H,13,15-18H2. The number of phenols is 1. The average Bonchev–Trinajstić information content (AvgIpc) is 3.43. The number of hydrogen-bond acceptors (Lipinski definition) is 5. The molecule has 2 aliphatic rings. The van der Waals surface area contributed by atoms with E-state index in [1.807, 2.05) is 60.7 Å². The van der Waals surface area contributed by atoms with E-state index in [0.29, 0.717) is 31.6 Å². The van der Waals surface area contributed by atoms with Gasteiger partial charge >= 0.3 is 6.09 Å². The molecule has 2 fully saturated rings. The van der Waals surface area contributed by atoms with Crippen LogP contribution in [0.4, 0.5) is 9.18 Å². The van der Waals surface area contributed by atoms with Crippen LogP contribution in [-0.2, 0) is 22.5 Å². The molecule has 0 spiro atoms. The summed E-state index contributed by atoms with van der Waals surface area (Å²) in [5.74, 6) is -2.15. The Labute approximate surface area is 203 Å². The summed E-state index contributed by atoms with van der Waals surface area (Å²) >= 11 is 0. The normalized spacial score (nSPS) is 22.4. The van der Waals surface area contributed by atoms with Crippen molar-refractivity contribution in [1.29, 1.82) is 0 Å². The molecular weight excluding hydrogens is 447 g/mol. The minimum absolute atomic E-state index is 0.137. The fourth-order valence-electron chi connectivity index (χ4n) is 5.18. The zero-order valence-electron chi connectivity index (χ0n) is 19.2. The van der Waals surface area contributed by atoms with Crippen LogP contribution in [0.15, 0.2) is 78.9 Å². The van der Waals surface area contributed by atoms with E-state index in [4.69, 9.17) is 4.74 Å². The summed E-state index contributed by atoms with van der Waals surface area (Å²) < 4.78 is 20.2. The molecule has 2 saturated heterocycles. The number of nitrogens with zero attached hydrogens (tertiary/aromatic N) is 2. The Kier molecular flexibility index (Phi) is 6.51. The number of carbonyl (C=O) groups is 2. The highest BCUT2D eigenvalue weighted by molar-refractivity contribution is 5.95. The minimum Gasteiger partial charge on any atom is -0.508 e. The van der Waals surface area contributed by atoms with Gasteiger partial charge in [0, 0.05) is 31.6 Å². The van der Waals surface area contributed by atoms with E-state index in [-0.39, 0.29) is 18.3 Å². The van der Waals surface area contributed by atoms with Gasteiger partial charge in [-0.3, -0.25) is 9.69 Å². The highest BCUT2D eigenvalue weighted by Gasteiger charge is 2.47. The molecule has 2 amide bonds. The van der Waals surface area contributed by atoms with E-state index in [2.05, 4.69) is 4.90 Å². The van der Waals surface area contributed by atoms with Crippen LogP contribution in [0.2, 0.25) is 0 Å². The summed E-state index contributed by atoms with van der Waals surface area (Å²) in [4.78, 5) is 29.9. The Morgan fingerprint density at radius 3 is 2.34 bits per heavy atom. The Balaban J connectivity index is 1.42. The molecule has 3 aromatic rings. The zero-order chi connectivity index (χ0) is 24.4. The predicted octanol–water partition coefficient (Wildman–Crippen LogP) is 4.34. The minimum atomic E-state index is -0.651. The first kappa shape index (κ1) is 23.1. The van der Waals surface area contributed by atoms with Crippen molar-refractivity contribution >= 4 is 12.0 Å². The van der Waals surface area contributed by atoms with Crippen LogP contribution in [0.25, 0.3) is 0 Å². The first-order valence-electron chi connectivity index (χ1n) is 11.8. The van der Waals surface area contributed by atoms with Crippen molar-refractivity contribution in [2.75, 3.05) is 19.7 Å². The average molecular weight is 475 g/mol. The Hall–Kier alpha value is -3.71. The lowest BCUT2D eigenvalue weighted by Gasteiger charge is -2.26. The second-order valence-electron chi connectivity index (χ2n) is 9.23. The summed E-state index contributed by atoms with van der Waals surface area (Å²) in [6.07, 6.45) is -0.154. The van der Waals surface area contributed by atoms with Gasteiger partial charge in [0.25, 0.3) is 0 Å². The smallest absolute Gasteiger partial charge is 0.416 e. The largest absolute Gasteiger partial charge is 0.508 e. The van der Waals surface area contributed by atoms with E-state index < -0.39 is 29.8 Å². The van der Waals surface area contributed by atoms with Gasteiger partial charge in [-0.15, -0.1) is 0 Å². The molecule has 2 aliphatic heterocycles. The van der Waals surface area contributed by atoms with Crippen LogP contribution in [0.5, 0.6) is 5.75 Å². The van der Waals surface area contributed by atoms with Crippen LogP contribution in [-0.4, -0.2) is 52.6 Å². The number of carbonyl (C=O) groups excluding carboxylic acids is 2. The second-order valence-corrected chi connectivity index (χ2v) is 9.23. The van der Waals surface area contributed by atoms with Crippen LogP contribution >= 0.6 is 0 Å². The predicted molar refractivity (Wildman–Crippen MR) is 128 cm³/mol. The van der Waals surface area contributed by atoms with Crippen molar-refractivity contribution in [2.24, 2.45) is 5.92 Å². The lowest BCUT2D eigenvalue weighted by atomic mass is 9.87. The number of cyclic esters (lactones) is 1. The molecule has 3 atom stereocenters. The van der Waals surface area contributed by atoms with Crippen LogP contribution in [0.3, 0.4) is 0 Å². The van der Waals surface area contributed by atoms with E-state index in [9.17, 15) is 19.1 Å². The summed E-state index contributed by atoms with van der Waals surface area (Å²) in [5.41, 5.74) is 2.46. The molecular formula is C28H27FN2O4. The van der Waals surface area contributed by atoms with E-state index in [1.54, 1.807) is 0 Å². The number of hydrogen-bond donors (Lipinski definition) is 1. The number of imide groups is 1. The number of benzene rings is 3. The molecule has 1 N–H and O–H groups in total. The molecule has 2 heterocycles. The Bertz CT molecular complexity index is 1200. The molecule has 0 aliphatic carbocycles. The molecule has 0 aromatic heterocycles. The second kappa shape index (κ2) is 9.88. The van der Waals surface area contributed by atoms with Crippen molar-refractivity contribution < 1.29 is 23.8 Å². The molecule has 5 rings (SSSR count). The third-order valence-corrected chi connectivity index (χ3v) is 6.86. The molecule has 3 unspecified atom stereocenters. The van der Waals surface area contributed by atoms with Gasteiger partial charge < -0.3 is 9.84 Å². The van der Waals surface area contributed by atoms with Gasteiger partial charge in [0.05, 0.1) is 12.0 Å². The SMILES string of the molecule is O=C1OCC(Cc2ccccc2)N1C(=O)C1CN(Cc2ccccc2)CC1c1ccc(O)cc1F. The topological polar surface area (TPSA) is 70.1 Å². The van der Waals surface area contributed by atoms with Crippen molar-refractivity contribution in [3.8, 4) is 5.75 Å². The summed E-state index contributed by atoms with van der Waals surface area (Å²) in [7, 11) is 0. The Morgan fingerprint density at radius 1 is 0.971 bits per heavy atom. The number of aromatic hydroxyl groups is 1. The lowest BCUT2D eigenvalue weighted by Crippen LogP contribution is -2.45. The van der Waals surface area contributed by atoms with E-state index in [0.717, 1.165) is 17.2 Å². The van der Waals surface area contributed by atoms with Gasteiger partial charge in [0.15, 0.2) is 0 Å². The molecule has 0 radical (unpaired) electrons. The number of rotatable bonds is 6. The van der Waals surface area contributed by atoms with Gasteiger partial charge in [0.2, 0.25) is 5.91 Å². The maximum atomic E-state index is 14.9. The highest BCUT2D eigenvalue weighted by atomic mass is 19.1. The van der Waals surface area contributed by atoms with E-state index in [1.165, 1.54) is 17.0 Å². The van der Waals surface area contributed by atoms with Gasteiger partial charge in [-0.05, 0) is 29.2 Å². The fourth-order valence-corrected chi connectivity index (χ4v) is 5.18. The number of amides is 2. The third-order valence-electron chi connectivity index (χ3n) is 6.86. The van der Waals surface area contributed by atoms with Crippen molar-refractivity contribution in [3.05, 3.63) is 101 Å². The molecule has 3 aromatic carbocycles. The molecule has 180 valence electrons. The first-order chi connectivity index (χ1) is 17.0. The summed E-state index contributed by atoms with van der Waals surface area (Å²) in [6, 6.07) is 23.2. The van der Waals surface area contributed by atoms with Crippen LogP contribution < -0.4 is 0 Å². The fraction of sp³-hybridized carbons (Fsp3) is 0.286. The summed E-state index contributed by atoms with van der Waals surface area (Å²) in [6.45, 7) is 1.59. The molecule has 6 nitrogen and oxygen atoms in total. The van der Waals surface area contributed by atoms with Gasteiger partial charge in [-0.1, -0.05) is 66.7 Å². The lowest BCUT2D eigenvalue weighted by molar-refractivity contribution is -0.133. The van der Waals surface area contributed by atoms with Crippen molar-refractivity contribution in [3.63, 3.8) is 0 Å². The maximum Gasteiger partial charge on any atom is 0.416 e. The zero-order valence-corrected chi connectivity index (χ0v) is 19.2. The number of phenolic OH excluding ortho intramolecular Hbond substituents is 1. The number of ether oxygens (including phenoxy) is 1. The molecule has 0 saturated carbocycles. The highest BCUT2D eigenvalue weighted by Crippen LogP contribution is 2.38. The van der Waals surface area contributed by atoms with Gasteiger partial charge in [-0.2, -0.15) is 0 Å². The number of likely N-dealkylation sites (tertiary alicyclic amines) is 1. The maximum absolute atomic E-state index is 14.9. The van der Waals surface area contributed by atoms with Crippen molar-refractivity contribution in [2.45, 2.75) is 24.9 Å².